The van der Waals surface area contributed by atoms with Crippen LogP contribution in [0.15, 0.2) is 16.8 Å². The van der Waals surface area contributed by atoms with Gasteiger partial charge in [0.1, 0.15) is 0 Å². The fourth-order valence-electron chi connectivity index (χ4n) is 2.15. The van der Waals surface area contributed by atoms with Crippen molar-refractivity contribution in [2.45, 2.75) is 39.3 Å². The van der Waals surface area contributed by atoms with Gasteiger partial charge in [-0.2, -0.15) is 11.3 Å². The summed E-state index contributed by atoms with van der Waals surface area (Å²) < 4.78 is 0. The minimum absolute atomic E-state index is 0.0986. The average Bonchev–Trinajstić information content (AvgIpc) is 3.06. The summed E-state index contributed by atoms with van der Waals surface area (Å²) >= 11 is 1.72. The molecule has 0 bridgehead atoms. The third-order valence-electron chi connectivity index (χ3n) is 3.37. The average molecular weight is 267 g/mol. The van der Waals surface area contributed by atoms with E-state index in [2.05, 4.69) is 27.2 Å². The number of nitrogens with one attached hydrogen (secondary N) is 1. The molecule has 2 rings (SSSR count). The van der Waals surface area contributed by atoms with E-state index in [1.807, 2.05) is 13.8 Å². The Labute approximate surface area is 112 Å². The lowest BCUT2D eigenvalue weighted by atomic mass is 9.91. The van der Waals surface area contributed by atoms with Crippen LogP contribution in [0, 0.1) is 5.41 Å². The summed E-state index contributed by atoms with van der Waals surface area (Å²) in [4.78, 5) is 14.2. The van der Waals surface area contributed by atoms with Gasteiger partial charge in [0.25, 0.3) is 0 Å². The molecule has 1 fully saturated rings. The highest BCUT2D eigenvalue weighted by atomic mass is 32.1. The summed E-state index contributed by atoms with van der Waals surface area (Å²) in [5.41, 5.74) is 3.14. The summed E-state index contributed by atoms with van der Waals surface area (Å²) in [5, 5.41) is 4.27. The van der Waals surface area contributed by atoms with Crippen molar-refractivity contribution >= 4 is 17.2 Å². The number of hydrazine groups is 1. The Morgan fingerprint density at radius 1 is 1.61 bits per heavy atom. The third kappa shape index (κ3) is 3.31. The lowest BCUT2D eigenvalue weighted by Crippen LogP contribution is -2.47. The first kappa shape index (κ1) is 13.5. The maximum atomic E-state index is 11.8. The van der Waals surface area contributed by atoms with E-state index < -0.39 is 5.41 Å². The zero-order valence-corrected chi connectivity index (χ0v) is 11.8. The minimum atomic E-state index is -0.451. The minimum Gasteiger partial charge on any atom is -0.295 e. The van der Waals surface area contributed by atoms with Crippen LogP contribution in [0.2, 0.25) is 0 Å². The van der Waals surface area contributed by atoms with Crippen LogP contribution in [-0.4, -0.2) is 23.4 Å². The van der Waals surface area contributed by atoms with E-state index in [4.69, 9.17) is 5.84 Å². The first-order chi connectivity index (χ1) is 8.53. The Kier molecular flexibility index (Phi) is 4.04. The number of nitrogens with zero attached hydrogens (tertiary/aromatic N) is 1. The molecule has 1 aromatic rings. The molecule has 3 N–H and O–H groups in total. The predicted octanol–water partition coefficient (Wildman–Crippen LogP) is 1.73. The highest BCUT2D eigenvalue weighted by molar-refractivity contribution is 7.07. The van der Waals surface area contributed by atoms with Gasteiger partial charge in [-0.1, -0.05) is 0 Å². The van der Waals surface area contributed by atoms with E-state index in [1.54, 1.807) is 11.3 Å². The van der Waals surface area contributed by atoms with E-state index in [0.29, 0.717) is 6.04 Å². The molecule has 1 aliphatic carbocycles. The van der Waals surface area contributed by atoms with Crippen molar-refractivity contribution in [2.75, 3.05) is 6.54 Å². The molecule has 4 nitrogen and oxygen atoms in total. The molecule has 1 aliphatic rings. The zero-order valence-electron chi connectivity index (χ0n) is 11.0. The number of thiophene rings is 1. The standard InChI is InChI=1S/C13H21N3OS/c1-13(2,12(17)15-14)9-16(11-3-4-11)7-10-5-6-18-8-10/h5-6,8,11H,3-4,7,9,14H2,1-2H3,(H,15,17). The lowest BCUT2D eigenvalue weighted by molar-refractivity contribution is -0.130. The number of carbonyl (C=O) groups is 1. The lowest BCUT2D eigenvalue weighted by Gasteiger charge is -2.31. The molecule has 100 valence electrons. The predicted molar refractivity (Wildman–Crippen MR) is 73.9 cm³/mol. The topological polar surface area (TPSA) is 58.4 Å². The molecule has 5 heteroatoms. The maximum Gasteiger partial charge on any atom is 0.240 e. The number of hydrogen-bond acceptors (Lipinski definition) is 4. The van der Waals surface area contributed by atoms with Gasteiger partial charge in [0.05, 0.1) is 5.41 Å². The molecule has 1 aromatic heterocycles. The van der Waals surface area contributed by atoms with E-state index in [-0.39, 0.29) is 5.91 Å². The Balaban J connectivity index is 2.00. The van der Waals surface area contributed by atoms with Crippen molar-refractivity contribution in [3.63, 3.8) is 0 Å². The number of rotatable bonds is 6. The Morgan fingerprint density at radius 2 is 2.33 bits per heavy atom. The highest BCUT2D eigenvalue weighted by Crippen LogP contribution is 2.31. The van der Waals surface area contributed by atoms with Gasteiger partial charge in [0.15, 0.2) is 0 Å². The molecule has 1 heterocycles. The zero-order chi connectivity index (χ0) is 13.2. The highest BCUT2D eigenvalue weighted by Gasteiger charge is 2.36. The Morgan fingerprint density at radius 3 is 2.83 bits per heavy atom. The van der Waals surface area contributed by atoms with Gasteiger partial charge >= 0.3 is 0 Å². The molecule has 1 amide bonds. The van der Waals surface area contributed by atoms with Gasteiger partial charge in [0.2, 0.25) is 5.91 Å². The fraction of sp³-hybridized carbons (Fsp3) is 0.615. The van der Waals surface area contributed by atoms with Gasteiger partial charge in [-0.3, -0.25) is 15.1 Å². The van der Waals surface area contributed by atoms with E-state index in [9.17, 15) is 4.79 Å². The quantitative estimate of drug-likeness (QED) is 0.469. The molecule has 0 unspecified atom stereocenters. The van der Waals surface area contributed by atoms with Crippen molar-refractivity contribution in [1.82, 2.24) is 10.3 Å². The third-order valence-corrected chi connectivity index (χ3v) is 4.11. The van der Waals surface area contributed by atoms with Crippen LogP contribution in [0.4, 0.5) is 0 Å². The first-order valence-corrected chi connectivity index (χ1v) is 7.23. The molecule has 0 saturated heterocycles. The van der Waals surface area contributed by atoms with Crippen LogP contribution >= 0.6 is 11.3 Å². The summed E-state index contributed by atoms with van der Waals surface area (Å²) in [5.74, 6) is 5.15. The van der Waals surface area contributed by atoms with Gasteiger partial charge in [-0.15, -0.1) is 0 Å². The second kappa shape index (κ2) is 5.38. The monoisotopic (exact) mass is 267 g/mol. The van der Waals surface area contributed by atoms with Gasteiger partial charge in [-0.05, 0) is 49.1 Å². The molecule has 0 radical (unpaired) electrons. The second-order valence-corrected chi connectivity index (χ2v) is 6.41. The van der Waals surface area contributed by atoms with Crippen molar-refractivity contribution < 1.29 is 4.79 Å². The molecule has 1 saturated carbocycles. The van der Waals surface area contributed by atoms with Crippen LogP contribution in [0.25, 0.3) is 0 Å². The van der Waals surface area contributed by atoms with E-state index in [0.717, 1.165) is 13.1 Å². The molecule has 0 atom stereocenters. The van der Waals surface area contributed by atoms with Gasteiger partial charge in [0, 0.05) is 19.1 Å². The van der Waals surface area contributed by atoms with Crippen molar-refractivity contribution in [3.8, 4) is 0 Å². The molecule has 0 aromatic carbocycles. The van der Waals surface area contributed by atoms with Crippen molar-refractivity contribution in [2.24, 2.45) is 11.3 Å². The largest absolute Gasteiger partial charge is 0.295 e. The van der Waals surface area contributed by atoms with Crippen LogP contribution in [-0.2, 0) is 11.3 Å². The van der Waals surface area contributed by atoms with Crippen molar-refractivity contribution in [1.29, 1.82) is 0 Å². The Hall–Kier alpha value is -0.910. The Bertz CT molecular complexity index is 398. The number of amides is 1. The first-order valence-electron chi connectivity index (χ1n) is 6.29. The van der Waals surface area contributed by atoms with E-state index in [1.165, 1.54) is 18.4 Å². The van der Waals surface area contributed by atoms with Crippen LogP contribution in [0.1, 0.15) is 32.3 Å². The molecule has 0 spiro atoms. The van der Waals surface area contributed by atoms with Crippen LogP contribution < -0.4 is 11.3 Å². The summed E-state index contributed by atoms with van der Waals surface area (Å²) in [6, 6.07) is 2.78. The molecular weight excluding hydrogens is 246 g/mol. The number of hydrogen-bond donors (Lipinski definition) is 2. The second-order valence-electron chi connectivity index (χ2n) is 5.63. The summed E-state index contributed by atoms with van der Waals surface area (Å²) in [6.07, 6.45) is 2.48. The number of nitrogens with two attached hydrogens (primary N) is 1. The summed E-state index contributed by atoms with van der Waals surface area (Å²) in [7, 11) is 0. The van der Waals surface area contributed by atoms with Crippen molar-refractivity contribution in [3.05, 3.63) is 22.4 Å². The molecular formula is C13H21N3OS. The van der Waals surface area contributed by atoms with Gasteiger partial charge in [-0.25, -0.2) is 5.84 Å². The SMILES string of the molecule is CC(C)(CN(Cc1ccsc1)C1CC1)C(=O)NN. The number of carbonyl (C=O) groups excluding carboxylic acids is 1. The van der Waals surface area contributed by atoms with E-state index >= 15 is 0 Å². The van der Waals surface area contributed by atoms with Crippen LogP contribution in [0.5, 0.6) is 0 Å². The van der Waals surface area contributed by atoms with Gasteiger partial charge < -0.3 is 0 Å². The maximum absolute atomic E-state index is 11.8. The normalized spacial score (nSPS) is 16.0. The molecule has 0 aliphatic heterocycles. The van der Waals surface area contributed by atoms with Crippen LogP contribution in [0.3, 0.4) is 0 Å². The summed E-state index contributed by atoms with van der Waals surface area (Å²) in [6.45, 7) is 5.56. The molecule has 18 heavy (non-hydrogen) atoms. The fourth-order valence-corrected chi connectivity index (χ4v) is 2.81. The smallest absolute Gasteiger partial charge is 0.240 e.